The second-order valence-electron chi connectivity index (χ2n) is 6.09. The predicted octanol–water partition coefficient (Wildman–Crippen LogP) is 4.89. The van der Waals surface area contributed by atoms with Gasteiger partial charge in [0.2, 0.25) is 0 Å². The lowest BCUT2D eigenvalue weighted by Gasteiger charge is -2.08. The molecule has 1 aliphatic heterocycles. The predicted molar refractivity (Wildman–Crippen MR) is 102 cm³/mol. The van der Waals surface area contributed by atoms with Crippen LogP contribution in [0.15, 0.2) is 47.8 Å². The highest BCUT2D eigenvalue weighted by atomic mass is 32.1. The molecular formula is C20H20N2O2S. The van der Waals surface area contributed by atoms with Crippen molar-refractivity contribution in [3.05, 3.63) is 59.0 Å². The number of thiazole rings is 1. The summed E-state index contributed by atoms with van der Waals surface area (Å²) in [4.78, 5) is 4.70. The van der Waals surface area contributed by atoms with E-state index in [2.05, 4.69) is 41.9 Å². The van der Waals surface area contributed by atoms with Crippen molar-refractivity contribution in [2.45, 2.75) is 19.9 Å². The molecule has 0 atom stereocenters. The molecule has 4 nitrogen and oxygen atoms in total. The summed E-state index contributed by atoms with van der Waals surface area (Å²) >= 11 is 1.62. The van der Waals surface area contributed by atoms with E-state index in [4.69, 9.17) is 14.5 Å². The van der Waals surface area contributed by atoms with Crippen LogP contribution in [0.3, 0.4) is 0 Å². The molecular weight excluding hydrogens is 332 g/mol. The Morgan fingerprint density at radius 2 is 1.96 bits per heavy atom. The number of aromatic nitrogens is 1. The van der Waals surface area contributed by atoms with Crippen molar-refractivity contribution in [3.63, 3.8) is 0 Å². The number of ether oxygens (including phenoxy) is 2. The first-order chi connectivity index (χ1) is 12.3. The lowest BCUT2D eigenvalue weighted by atomic mass is 10.1. The summed E-state index contributed by atoms with van der Waals surface area (Å²) in [6.07, 6.45) is 0.910. The zero-order chi connectivity index (χ0) is 17.1. The standard InChI is InChI=1S/C20H20N2O2S/c1-14-4-2-5-15(10-14)12-21-20-22-17(13-25-20)16-6-7-18-19(11-16)24-9-3-8-23-18/h2,4-7,10-11,13H,3,8-9,12H2,1H3,(H,21,22). The summed E-state index contributed by atoms with van der Waals surface area (Å²) in [6.45, 7) is 4.28. The van der Waals surface area contributed by atoms with Gasteiger partial charge in [0.15, 0.2) is 16.6 Å². The molecule has 4 rings (SSSR count). The third-order valence-electron chi connectivity index (χ3n) is 4.07. The van der Waals surface area contributed by atoms with Crippen LogP contribution >= 0.6 is 11.3 Å². The van der Waals surface area contributed by atoms with E-state index in [1.54, 1.807) is 11.3 Å². The number of nitrogens with zero attached hydrogens (tertiary/aromatic N) is 1. The van der Waals surface area contributed by atoms with E-state index in [9.17, 15) is 0 Å². The Hall–Kier alpha value is -2.53. The minimum atomic E-state index is 0.691. The molecule has 128 valence electrons. The van der Waals surface area contributed by atoms with Gasteiger partial charge in [0.1, 0.15) is 0 Å². The van der Waals surface area contributed by atoms with Crippen LogP contribution in [-0.2, 0) is 6.54 Å². The number of benzene rings is 2. The molecule has 25 heavy (non-hydrogen) atoms. The Balaban J connectivity index is 1.48. The summed E-state index contributed by atoms with van der Waals surface area (Å²) in [5.74, 6) is 1.62. The van der Waals surface area contributed by atoms with Crippen LogP contribution in [-0.4, -0.2) is 18.2 Å². The van der Waals surface area contributed by atoms with Crippen molar-refractivity contribution in [3.8, 4) is 22.8 Å². The number of fused-ring (bicyclic) bond motifs is 1. The summed E-state index contributed by atoms with van der Waals surface area (Å²) in [6, 6.07) is 14.5. The Kier molecular flexibility index (Phi) is 4.57. The Morgan fingerprint density at radius 3 is 2.84 bits per heavy atom. The van der Waals surface area contributed by atoms with Gasteiger partial charge in [-0.05, 0) is 30.7 Å². The highest BCUT2D eigenvalue weighted by Crippen LogP contribution is 2.35. The molecule has 3 aromatic rings. The van der Waals surface area contributed by atoms with Crippen LogP contribution in [0.4, 0.5) is 5.13 Å². The maximum absolute atomic E-state index is 5.77. The SMILES string of the molecule is Cc1cccc(CNc2nc(-c3ccc4c(c3)OCCCO4)cs2)c1. The molecule has 5 heteroatoms. The van der Waals surface area contributed by atoms with Gasteiger partial charge in [0.25, 0.3) is 0 Å². The van der Waals surface area contributed by atoms with E-state index < -0.39 is 0 Å². The van der Waals surface area contributed by atoms with Gasteiger partial charge in [-0.1, -0.05) is 29.8 Å². The molecule has 0 fully saturated rings. The van der Waals surface area contributed by atoms with Gasteiger partial charge in [0, 0.05) is 23.9 Å². The molecule has 0 aliphatic carbocycles. The van der Waals surface area contributed by atoms with E-state index in [1.165, 1.54) is 11.1 Å². The molecule has 0 bridgehead atoms. The Labute approximate surface area is 151 Å². The molecule has 2 aromatic carbocycles. The lowest BCUT2D eigenvalue weighted by molar-refractivity contribution is 0.297. The van der Waals surface area contributed by atoms with Gasteiger partial charge >= 0.3 is 0 Å². The van der Waals surface area contributed by atoms with E-state index in [1.807, 2.05) is 18.2 Å². The monoisotopic (exact) mass is 352 g/mol. The molecule has 1 aliphatic rings. The lowest BCUT2D eigenvalue weighted by Crippen LogP contribution is -1.99. The number of rotatable bonds is 4. The van der Waals surface area contributed by atoms with Crippen LogP contribution < -0.4 is 14.8 Å². The van der Waals surface area contributed by atoms with E-state index in [0.717, 1.165) is 40.9 Å². The molecule has 0 radical (unpaired) electrons. The fraction of sp³-hybridized carbons (Fsp3) is 0.250. The summed E-state index contributed by atoms with van der Waals surface area (Å²) in [5.41, 5.74) is 4.52. The van der Waals surface area contributed by atoms with Crippen molar-refractivity contribution in [1.82, 2.24) is 4.98 Å². The summed E-state index contributed by atoms with van der Waals surface area (Å²) < 4.78 is 11.5. The zero-order valence-corrected chi connectivity index (χ0v) is 14.9. The summed E-state index contributed by atoms with van der Waals surface area (Å²) in [5, 5.41) is 6.39. The van der Waals surface area contributed by atoms with Gasteiger partial charge in [-0.3, -0.25) is 0 Å². The number of nitrogens with one attached hydrogen (secondary N) is 1. The number of anilines is 1. The third kappa shape index (κ3) is 3.77. The topological polar surface area (TPSA) is 43.4 Å². The highest BCUT2D eigenvalue weighted by Gasteiger charge is 2.13. The first kappa shape index (κ1) is 16.0. The number of aryl methyl sites for hydroxylation is 1. The zero-order valence-electron chi connectivity index (χ0n) is 14.1. The first-order valence-electron chi connectivity index (χ1n) is 8.43. The Bertz CT molecular complexity index is 876. The largest absolute Gasteiger partial charge is 0.490 e. The third-order valence-corrected chi connectivity index (χ3v) is 4.87. The maximum Gasteiger partial charge on any atom is 0.183 e. The fourth-order valence-electron chi connectivity index (χ4n) is 2.81. The second-order valence-corrected chi connectivity index (χ2v) is 6.95. The minimum Gasteiger partial charge on any atom is -0.490 e. The van der Waals surface area contributed by atoms with Crippen LogP contribution in [0.25, 0.3) is 11.3 Å². The Morgan fingerprint density at radius 1 is 1.08 bits per heavy atom. The van der Waals surface area contributed by atoms with Crippen LogP contribution in [0.5, 0.6) is 11.5 Å². The molecule has 2 heterocycles. The van der Waals surface area contributed by atoms with Crippen molar-refractivity contribution < 1.29 is 9.47 Å². The van der Waals surface area contributed by atoms with Gasteiger partial charge in [-0.2, -0.15) is 0 Å². The van der Waals surface area contributed by atoms with Crippen LogP contribution in [0, 0.1) is 6.92 Å². The van der Waals surface area contributed by atoms with Crippen molar-refractivity contribution in [1.29, 1.82) is 0 Å². The van der Waals surface area contributed by atoms with Gasteiger partial charge in [0.05, 0.1) is 18.9 Å². The molecule has 0 spiro atoms. The quantitative estimate of drug-likeness (QED) is 0.726. The molecule has 0 unspecified atom stereocenters. The van der Waals surface area contributed by atoms with Crippen molar-refractivity contribution in [2.24, 2.45) is 0 Å². The number of hydrogen-bond donors (Lipinski definition) is 1. The maximum atomic E-state index is 5.77. The van der Waals surface area contributed by atoms with Crippen LogP contribution in [0.2, 0.25) is 0 Å². The van der Waals surface area contributed by atoms with Crippen molar-refractivity contribution >= 4 is 16.5 Å². The van der Waals surface area contributed by atoms with Crippen molar-refractivity contribution in [2.75, 3.05) is 18.5 Å². The smallest absolute Gasteiger partial charge is 0.183 e. The molecule has 0 amide bonds. The summed E-state index contributed by atoms with van der Waals surface area (Å²) in [7, 11) is 0. The van der Waals surface area contributed by atoms with Gasteiger partial charge in [-0.25, -0.2) is 4.98 Å². The molecule has 0 saturated carbocycles. The van der Waals surface area contributed by atoms with Gasteiger partial charge < -0.3 is 14.8 Å². The highest BCUT2D eigenvalue weighted by molar-refractivity contribution is 7.14. The van der Waals surface area contributed by atoms with Gasteiger partial charge in [-0.15, -0.1) is 11.3 Å². The number of hydrogen-bond acceptors (Lipinski definition) is 5. The average molecular weight is 352 g/mol. The van der Waals surface area contributed by atoms with E-state index in [-0.39, 0.29) is 0 Å². The molecule has 1 N–H and O–H groups in total. The normalized spacial score (nSPS) is 13.3. The van der Waals surface area contributed by atoms with E-state index >= 15 is 0 Å². The van der Waals surface area contributed by atoms with E-state index in [0.29, 0.717) is 13.2 Å². The minimum absolute atomic E-state index is 0.691. The first-order valence-corrected chi connectivity index (χ1v) is 9.31. The molecule has 0 saturated heterocycles. The second kappa shape index (κ2) is 7.15. The molecule has 1 aromatic heterocycles. The average Bonchev–Trinajstić information content (AvgIpc) is 2.97. The fourth-order valence-corrected chi connectivity index (χ4v) is 3.53. The van der Waals surface area contributed by atoms with Crippen LogP contribution in [0.1, 0.15) is 17.5 Å².